The van der Waals surface area contributed by atoms with Crippen molar-refractivity contribution in [3.63, 3.8) is 0 Å². The molecule has 1 heterocycles. The lowest BCUT2D eigenvalue weighted by Crippen LogP contribution is -2.09. The molecular formula is C33H42N2O3. The molecule has 0 aliphatic rings. The van der Waals surface area contributed by atoms with Crippen molar-refractivity contribution >= 4 is 5.97 Å². The van der Waals surface area contributed by atoms with Crippen LogP contribution in [0.25, 0.3) is 11.3 Å². The number of carbonyl (C=O) groups excluding carboxylic acids is 1. The molecular weight excluding hydrogens is 472 g/mol. The van der Waals surface area contributed by atoms with E-state index in [-0.39, 0.29) is 5.88 Å². The van der Waals surface area contributed by atoms with Crippen LogP contribution in [0, 0.1) is 5.92 Å². The molecule has 0 bridgehead atoms. The number of aryl methyl sites for hydroxylation is 1. The second-order valence-electron chi connectivity index (χ2n) is 9.95. The van der Waals surface area contributed by atoms with Crippen molar-refractivity contribution in [3.8, 4) is 22.9 Å². The Hall–Kier alpha value is -3.47. The molecule has 0 spiro atoms. The molecule has 1 atom stereocenters. The number of ether oxygens (including phenoxy) is 2. The topological polar surface area (TPSA) is 61.3 Å². The summed E-state index contributed by atoms with van der Waals surface area (Å²) in [7, 11) is 0. The average molecular weight is 515 g/mol. The van der Waals surface area contributed by atoms with Gasteiger partial charge in [-0.15, -0.1) is 6.58 Å². The number of hydrogen-bond acceptors (Lipinski definition) is 5. The first-order chi connectivity index (χ1) is 18.6. The Morgan fingerprint density at radius 3 is 2.37 bits per heavy atom. The van der Waals surface area contributed by atoms with Gasteiger partial charge in [0.15, 0.2) is 0 Å². The van der Waals surface area contributed by atoms with E-state index in [2.05, 4.69) is 30.4 Å². The molecule has 0 saturated heterocycles. The number of unbranched alkanes of at least 4 members (excludes halogenated alkanes) is 5. The Balaban J connectivity index is 1.42. The number of rotatable bonds is 17. The number of aromatic nitrogens is 2. The highest BCUT2D eigenvalue weighted by molar-refractivity contribution is 5.90. The molecule has 1 aromatic heterocycles. The van der Waals surface area contributed by atoms with E-state index in [1.54, 1.807) is 18.3 Å². The van der Waals surface area contributed by atoms with Gasteiger partial charge in [0.25, 0.3) is 0 Å². The van der Waals surface area contributed by atoms with Gasteiger partial charge in [0.05, 0.1) is 30.3 Å². The third kappa shape index (κ3) is 10.1. The van der Waals surface area contributed by atoms with Crippen LogP contribution < -0.4 is 9.47 Å². The van der Waals surface area contributed by atoms with Crippen LogP contribution in [0.15, 0.2) is 73.6 Å². The smallest absolute Gasteiger partial charge is 0.344 e. The first kappa shape index (κ1) is 29.1. The van der Waals surface area contributed by atoms with Gasteiger partial charge >= 0.3 is 5.97 Å². The van der Waals surface area contributed by atoms with E-state index in [0.29, 0.717) is 11.3 Å². The van der Waals surface area contributed by atoms with Crippen LogP contribution in [0.4, 0.5) is 0 Å². The van der Waals surface area contributed by atoms with Gasteiger partial charge in [-0.05, 0) is 80.0 Å². The lowest BCUT2D eigenvalue weighted by atomic mass is 10.0. The summed E-state index contributed by atoms with van der Waals surface area (Å²) in [6, 6.07) is 15.4. The van der Waals surface area contributed by atoms with Gasteiger partial charge in [-0.1, -0.05) is 64.2 Å². The minimum absolute atomic E-state index is 0.179. The van der Waals surface area contributed by atoms with E-state index in [1.807, 2.05) is 42.5 Å². The molecule has 2 aromatic carbocycles. The molecule has 0 aliphatic carbocycles. The summed E-state index contributed by atoms with van der Waals surface area (Å²) in [5.41, 5.74) is 3.35. The summed E-state index contributed by atoms with van der Waals surface area (Å²) in [6.07, 6.45) is 16.7. The normalized spacial score (nSPS) is 11.6. The van der Waals surface area contributed by atoms with Crippen LogP contribution in [-0.2, 0) is 6.42 Å². The molecule has 0 unspecified atom stereocenters. The molecule has 3 rings (SSSR count). The zero-order valence-electron chi connectivity index (χ0n) is 23.0. The summed E-state index contributed by atoms with van der Waals surface area (Å²) in [5.74, 6) is 1.41. The van der Waals surface area contributed by atoms with Crippen molar-refractivity contribution in [3.05, 3.63) is 84.7 Å². The molecule has 38 heavy (non-hydrogen) atoms. The molecule has 5 heteroatoms. The highest BCUT2D eigenvalue weighted by Gasteiger charge is 2.11. The van der Waals surface area contributed by atoms with Gasteiger partial charge < -0.3 is 9.47 Å². The maximum absolute atomic E-state index is 12.5. The summed E-state index contributed by atoms with van der Waals surface area (Å²) in [5, 5.41) is 0. The Bertz CT molecular complexity index is 1090. The summed E-state index contributed by atoms with van der Waals surface area (Å²) < 4.78 is 11.3. The second kappa shape index (κ2) is 16.4. The Labute approximate surface area is 228 Å². The maximum atomic E-state index is 12.5. The quantitative estimate of drug-likeness (QED) is 0.102. The van der Waals surface area contributed by atoms with E-state index in [9.17, 15) is 4.79 Å². The van der Waals surface area contributed by atoms with Crippen LogP contribution in [0.2, 0.25) is 0 Å². The van der Waals surface area contributed by atoms with Crippen LogP contribution in [-0.4, -0.2) is 22.5 Å². The summed E-state index contributed by atoms with van der Waals surface area (Å²) in [4.78, 5) is 21.2. The minimum Gasteiger partial charge on any atom is -0.494 e. The molecule has 5 nitrogen and oxygen atoms in total. The number of hydrogen-bond donors (Lipinski definition) is 0. The fourth-order valence-corrected chi connectivity index (χ4v) is 4.16. The standard InChI is InChI=1S/C33H42N2O3/c1-4-6-7-8-11-14-27-15-17-29(18-16-27)33(36)38-32-25-34-31(24-35-32)28-19-21-30(22-20-28)37-23-12-9-10-13-26(3)5-2/h4,15-22,24-26H,1,5-14,23H2,2-3H3/t26-/m0/s1. The van der Waals surface area contributed by atoms with Crippen LogP contribution in [0.5, 0.6) is 11.6 Å². The maximum Gasteiger partial charge on any atom is 0.344 e. The van der Waals surface area contributed by atoms with E-state index < -0.39 is 5.97 Å². The Kier molecular flexibility index (Phi) is 12.5. The highest BCUT2D eigenvalue weighted by atomic mass is 16.5. The molecule has 0 aliphatic heterocycles. The average Bonchev–Trinajstić information content (AvgIpc) is 2.95. The zero-order valence-corrected chi connectivity index (χ0v) is 23.0. The predicted octanol–water partition coefficient (Wildman–Crippen LogP) is 8.64. The molecule has 202 valence electrons. The van der Waals surface area contributed by atoms with Gasteiger partial charge in [0.2, 0.25) is 5.88 Å². The molecule has 3 aromatic rings. The van der Waals surface area contributed by atoms with Crippen LogP contribution in [0.1, 0.15) is 87.6 Å². The molecule has 0 amide bonds. The van der Waals surface area contributed by atoms with Crippen molar-refractivity contribution in [2.45, 2.75) is 78.1 Å². The van der Waals surface area contributed by atoms with Crippen molar-refractivity contribution in [1.82, 2.24) is 9.97 Å². The van der Waals surface area contributed by atoms with Crippen LogP contribution >= 0.6 is 0 Å². The van der Waals surface area contributed by atoms with Gasteiger partial charge in [-0.2, -0.15) is 0 Å². The zero-order chi connectivity index (χ0) is 27.0. The van der Waals surface area contributed by atoms with Crippen molar-refractivity contribution < 1.29 is 14.3 Å². The predicted molar refractivity (Wildman–Crippen MR) is 155 cm³/mol. The lowest BCUT2D eigenvalue weighted by Gasteiger charge is -2.09. The number of nitrogens with zero attached hydrogens (tertiary/aromatic N) is 2. The van der Waals surface area contributed by atoms with Gasteiger partial charge in [-0.3, -0.25) is 0 Å². The highest BCUT2D eigenvalue weighted by Crippen LogP contribution is 2.22. The van der Waals surface area contributed by atoms with E-state index >= 15 is 0 Å². The monoisotopic (exact) mass is 514 g/mol. The van der Waals surface area contributed by atoms with E-state index in [0.717, 1.165) is 49.5 Å². The minimum atomic E-state index is -0.439. The van der Waals surface area contributed by atoms with E-state index in [4.69, 9.17) is 9.47 Å². The number of esters is 1. The van der Waals surface area contributed by atoms with Crippen molar-refractivity contribution in [2.24, 2.45) is 5.92 Å². The molecule has 0 N–H and O–H groups in total. The second-order valence-corrected chi connectivity index (χ2v) is 9.95. The Morgan fingerprint density at radius 2 is 1.68 bits per heavy atom. The van der Waals surface area contributed by atoms with Crippen molar-refractivity contribution in [2.75, 3.05) is 6.61 Å². The Morgan fingerprint density at radius 1 is 0.921 bits per heavy atom. The summed E-state index contributed by atoms with van der Waals surface area (Å²) in [6.45, 7) is 9.06. The lowest BCUT2D eigenvalue weighted by molar-refractivity contribution is 0.0727. The fourth-order valence-electron chi connectivity index (χ4n) is 4.16. The number of benzene rings is 2. The van der Waals surface area contributed by atoms with Crippen molar-refractivity contribution in [1.29, 1.82) is 0 Å². The van der Waals surface area contributed by atoms with Gasteiger partial charge in [0, 0.05) is 5.56 Å². The number of carbonyl (C=O) groups is 1. The molecule has 0 saturated carbocycles. The fraction of sp³-hybridized carbons (Fsp3) is 0.424. The van der Waals surface area contributed by atoms with Gasteiger partial charge in [-0.25, -0.2) is 14.8 Å². The first-order valence-electron chi connectivity index (χ1n) is 14.1. The van der Waals surface area contributed by atoms with Gasteiger partial charge in [0.1, 0.15) is 5.75 Å². The van der Waals surface area contributed by atoms with E-state index in [1.165, 1.54) is 50.3 Å². The SMILES string of the molecule is C=CCCCCCc1ccc(C(=O)Oc2cnc(-c3ccc(OCCCCC[C@@H](C)CC)cc3)cn2)cc1. The molecule has 0 radical (unpaired) electrons. The molecule has 0 fully saturated rings. The number of allylic oxidation sites excluding steroid dienone is 1. The van der Waals surface area contributed by atoms with Crippen LogP contribution in [0.3, 0.4) is 0 Å². The largest absolute Gasteiger partial charge is 0.494 e. The third-order valence-corrected chi connectivity index (χ3v) is 6.85. The summed E-state index contributed by atoms with van der Waals surface area (Å²) >= 11 is 0. The first-order valence-corrected chi connectivity index (χ1v) is 14.1. The third-order valence-electron chi connectivity index (χ3n) is 6.85.